The predicted octanol–water partition coefficient (Wildman–Crippen LogP) is 1.08. The van der Waals surface area contributed by atoms with Crippen molar-refractivity contribution >= 4 is 5.91 Å². The normalized spacial score (nSPS) is 11.8. The Morgan fingerprint density at radius 3 is 2.86 bits per heavy atom. The molecule has 0 fully saturated rings. The van der Waals surface area contributed by atoms with Crippen molar-refractivity contribution in [1.29, 1.82) is 5.26 Å². The zero-order valence-electron chi connectivity index (χ0n) is 8.88. The molecule has 0 aromatic heterocycles. The summed E-state index contributed by atoms with van der Waals surface area (Å²) in [5.41, 5.74) is 0. The second-order valence-electron chi connectivity index (χ2n) is 3.11. The molecule has 1 amide bonds. The van der Waals surface area contributed by atoms with E-state index >= 15 is 0 Å². The first kappa shape index (κ1) is 12.9. The number of rotatable bonds is 7. The zero-order chi connectivity index (χ0) is 10.8. The van der Waals surface area contributed by atoms with E-state index in [-0.39, 0.29) is 5.91 Å². The van der Waals surface area contributed by atoms with E-state index in [4.69, 9.17) is 10.00 Å². The first-order chi connectivity index (χ1) is 6.76. The van der Waals surface area contributed by atoms with Crippen LogP contribution < -0.4 is 5.32 Å². The number of hydrogen-bond acceptors (Lipinski definition) is 3. The Hall–Kier alpha value is -1.08. The average Bonchev–Trinajstić information content (AvgIpc) is 2.20. The summed E-state index contributed by atoms with van der Waals surface area (Å²) in [6.45, 7) is 3.17. The molecule has 4 heteroatoms. The molecule has 0 aliphatic rings. The molecule has 0 aromatic rings. The number of amides is 1. The summed E-state index contributed by atoms with van der Waals surface area (Å²) < 4.78 is 4.84. The molecule has 0 heterocycles. The topological polar surface area (TPSA) is 62.1 Å². The smallest absolute Gasteiger partial charge is 0.237 e. The van der Waals surface area contributed by atoms with Gasteiger partial charge in [-0.1, -0.05) is 13.3 Å². The van der Waals surface area contributed by atoms with E-state index < -0.39 is 5.92 Å². The number of carbonyl (C=O) groups is 1. The molecule has 4 nitrogen and oxygen atoms in total. The summed E-state index contributed by atoms with van der Waals surface area (Å²) >= 11 is 0. The lowest BCUT2D eigenvalue weighted by Crippen LogP contribution is -2.31. The van der Waals surface area contributed by atoms with E-state index in [0.717, 1.165) is 12.8 Å². The fourth-order valence-electron chi connectivity index (χ4n) is 1.09. The molecule has 0 aliphatic heterocycles. The Morgan fingerprint density at radius 1 is 1.64 bits per heavy atom. The van der Waals surface area contributed by atoms with Crippen LogP contribution in [0.3, 0.4) is 0 Å². The van der Waals surface area contributed by atoms with Crippen molar-refractivity contribution in [3.05, 3.63) is 0 Å². The molecule has 0 aromatic carbocycles. The zero-order valence-corrected chi connectivity index (χ0v) is 8.88. The molecule has 1 N–H and O–H groups in total. The second kappa shape index (κ2) is 8.52. The van der Waals surface area contributed by atoms with E-state index in [1.807, 2.05) is 13.0 Å². The lowest BCUT2D eigenvalue weighted by Gasteiger charge is -2.08. The van der Waals surface area contributed by atoms with Crippen molar-refractivity contribution in [3.63, 3.8) is 0 Å². The van der Waals surface area contributed by atoms with Crippen LogP contribution in [0.4, 0.5) is 0 Å². The summed E-state index contributed by atoms with van der Waals surface area (Å²) in [7, 11) is 1.62. The quantitative estimate of drug-likeness (QED) is 0.623. The predicted molar refractivity (Wildman–Crippen MR) is 53.5 cm³/mol. The van der Waals surface area contributed by atoms with Crippen LogP contribution in [0, 0.1) is 17.2 Å². The van der Waals surface area contributed by atoms with Gasteiger partial charge in [-0.3, -0.25) is 4.79 Å². The van der Waals surface area contributed by atoms with E-state index in [2.05, 4.69) is 5.32 Å². The molecule has 0 saturated carbocycles. The molecule has 0 bridgehead atoms. The maximum atomic E-state index is 11.4. The third kappa shape index (κ3) is 5.55. The highest BCUT2D eigenvalue weighted by atomic mass is 16.5. The van der Waals surface area contributed by atoms with Crippen molar-refractivity contribution in [3.8, 4) is 6.07 Å². The van der Waals surface area contributed by atoms with E-state index in [0.29, 0.717) is 19.6 Å². The van der Waals surface area contributed by atoms with Gasteiger partial charge in [-0.15, -0.1) is 0 Å². The van der Waals surface area contributed by atoms with E-state index in [1.54, 1.807) is 7.11 Å². The van der Waals surface area contributed by atoms with Crippen LogP contribution in [0.1, 0.15) is 26.2 Å². The summed E-state index contributed by atoms with van der Waals surface area (Å²) in [5, 5.41) is 11.4. The van der Waals surface area contributed by atoms with Gasteiger partial charge in [0.25, 0.3) is 0 Å². The number of nitrogens with one attached hydrogen (secondary N) is 1. The SMILES string of the molecule is CCCC(C#N)C(=O)NCCCOC. The van der Waals surface area contributed by atoms with E-state index in [1.165, 1.54) is 0 Å². The Morgan fingerprint density at radius 2 is 2.36 bits per heavy atom. The molecule has 0 aliphatic carbocycles. The van der Waals surface area contributed by atoms with Crippen LogP contribution in [-0.4, -0.2) is 26.2 Å². The second-order valence-corrected chi connectivity index (χ2v) is 3.11. The molecule has 0 saturated heterocycles. The van der Waals surface area contributed by atoms with Crippen LogP contribution in [0.5, 0.6) is 0 Å². The molecular formula is C10H18N2O2. The maximum Gasteiger partial charge on any atom is 0.237 e. The van der Waals surface area contributed by atoms with E-state index in [9.17, 15) is 4.79 Å². The summed E-state index contributed by atoms with van der Waals surface area (Å²) in [5.74, 6) is -0.659. The van der Waals surface area contributed by atoms with Crippen LogP contribution in [0.15, 0.2) is 0 Å². The number of carbonyl (C=O) groups excluding carboxylic acids is 1. The number of methoxy groups -OCH3 is 1. The largest absolute Gasteiger partial charge is 0.385 e. The monoisotopic (exact) mass is 198 g/mol. The molecule has 0 radical (unpaired) electrons. The van der Waals surface area contributed by atoms with Gasteiger partial charge in [-0.2, -0.15) is 5.26 Å². The summed E-state index contributed by atoms with van der Waals surface area (Å²) in [6.07, 6.45) is 2.27. The molecule has 0 rings (SSSR count). The van der Waals surface area contributed by atoms with Crippen molar-refractivity contribution in [2.45, 2.75) is 26.2 Å². The fraction of sp³-hybridized carbons (Fsp3) is 0.800. The Kier molecular flexibility index (Phi) is 7.86. The van der Waals surface area contributed by atoms with Crippen molar-refractivity contribution < 1.29 is 9.53 Å². The van der Waals surface area contributed by atoms with Crippen LogP contribution >= 0.6 is 0 Å². The van der Waals surface area contributed by atoms with Gasteiger partial charge in [0.2, 0.25) is 5.91 Å². The van der Waals surface area contributed by atoms with Gasteiger partial charge in [0, 0.05) is 20.3 Å². The summed E-state index contributed by atoms with van der Waals surface area (Å²) in [6, 6.07) is 2.00. The average molecular weight is 198 g/mol. The number of nitrogens with zero attached hydrogens (tertiary/aromatic N) is 1. The fourth-order valence-corrected chi connectivity index (χ4v) is 1.09. The minimum Gasteiger partial charge on any atom is -0.385 e. The first-order valence-electron chi connectivity index (χ1n) is 4.92. The lowest BCUT2D eigenvalue weighted by atomic mass is 10.1. The minimum absolute atomic E-state index is 0.162. The van der Waals surface area contributed by atoms with Gasteiger partial charge < -0.3 is 10.1 Å². The van der Waals surface area contributed by atoms with Crippen LogP contribution in [0.25, 0.3) is 0 Å². The Balaban J connectivity index is 3.65. The van der Waals surface area contributed by atoms with Gasteiger partial charge in [-0.05, 0) is 12.8 Å². The van der Waals surface area contributed by atoms with Crippen molar-refractivity contribution in [2.75, 3.05) is 20.3 Å². The van der Waals surface area contributed by atoms with Gasteiger partial charge >= 0.3 is 0 Å². The van der Waals surface area contributed by atoms with Gasteiger partial charge in [0.1, 0.15) is 5.92 Å². The summed E-state index contributed by atoms with van der Waals surface area (Å²) in [4.78, 5) is 11.4. The van der Waals surface area contributed by atoms with Crippen LogP contribution in [-0.2, 0) is 9.53 Å². The van der Waals surface area contributed by atoms with Crippen LogP contribution in [0.2, 0.25) is 0 Å². The molecular weight excluding hydrogens is 180 g/mol. The highest BCUT2D eigenvalue weighted by molar-refractivity contribution is 5.80. The number of nitriles is 1. The Bertz CT molecular complexity index is 199. The molecule has 1 atom stereocenters. The standard InChI is InChI=1S/C10H18N2O2/c1-3-5-9(8-11)10(13)12-6-4-7-14-2/h9H,3-7H2,1-2H3,(H,12,13). The lowest BCUT2D eigenvalue weighted by molar-refractivity contribution is -0.123. The Labute approximate surface area is 85.2 Å². The number of ether oxygens (including phenoxy) is 1. The molecule has 80 valence electrons. The molecule has 0 spiro atoms. The van der Waals surface area contributed by atoms with Gasteiger partial charge in [0.15, 0.2) is 0 Å². The third-order valence-electron chi connectivity index (χ3n) is 1.87. The molecule has 1 unspecified atom stereocenters. The maximum absolute atomic E-state index is 11.4. The van der Waals surface area contributed by atoms with Crippen molar-refractivity contribution in [1.82, 2.24) is 5.32 Å². The van der Waals surface area contributed by atoms with Gasteiger partial charge in [0.05, 0.1) is 6.07 Å². The highest BCUT2D eigenvalue weighted by Crippen LogP contribution is 2.04. The highest BCUT2D eigenvalue weighted by Gasteiger charge is 2.15. The minimum atomic E-state index is -0.498. The number of hydrogen-bond donors (Lipinski definition) is 1. The van der Waals surface area contributed by atoms with Gasteiger partial charge in [-0.25, -0.2) is 0 Å². The first-order valence-corrected chi connectivity index (χ1v) is 4.92. The third-order valence-corrected chi connectivity index (χ3v) is 1.87. The molecule has 14 heavy (non-hydrogen) atoms. The van der Waals surface area contributed by atoms with Crippen molar-refractivity contribution in [2.24, 2.45) is 5.92 Å².